The number of nitrogens with two attached hydrogens (primary N) is 1. The number of aliphatic imine (C=N–C) groups is 1. The van der Waals surface area contributed by atoms with Gasteiger partial charge in [0, 0.05) is 44.1 Å². The Morgan fingerprint density at radius 1 is 1.04 bits per heavy atom. The van der Waals surface area contributed by atoms with Crippen LogP contribution in [0.15, 0.2) is 59.9 Å². The number of benzene rings is 2. The fraction of sp³-hybridized carbons (Fsp3) is 0.286. The summed E-state index contributed by atoms with van der Waals surface area (Å²) >= 11 is 0. The van der Waals surface area contributed by atoms with E-state index < -0.39 is 0 Å². The van der Waals surface area contributed by atoms with Crippen molar-refractivity contribution < 1.29 is 4.74 Å². The molecule has 2 heterocycles. The van der Waals surface area contributed by atoms with Crippen LogP contribution in [0.3, 0.4) is 0 Å². The minimum atomic E-state index is 0.484. The highest BCUT2D eigenvalue weighted by Gasteiger charge is 2.20. The Bertz CT molecular complexity index is 967. The molecule has 0 saturated carbocycles. The van der Waals surface area contributed by atoms with Crippen LogP contribution in [-0.4, -0.2) is 54.1 Å². The zero-order valence-electron chi connectivity index (χ0n) is 16.0. The van der Waals surface area contributed by atoms with Crippen LogP contribution in [0.2, 0.25) is 0 Å². The van der Waals surface area contributed by atoms with Crippen LogP contribution in [0.4, 0.5) is 5.95 Å². The summed E-state index contributed by atoms with van der Waals surface area (Å²) in [4.78, 5) is 17.6. The number of guanidine groups is 1. The Labute approximate surface area is 164 Å². The van der Waals surface area contributed by atoms with Crippen LogP contribution in [0, 0.1) is 0 Å². The highest BCUT2D eigenvalue weighted by atomic mass is 16.5. The molecule has 0 bridgehead atoms. The zero-order chi connectivity index (χ0) is 19.3. The minimum Gasteiger partial charge on any atom is -0.496 e. The Hall–Kier alpha value is -3.35. The summed E-state index contributed by atoms with van der Waals surface area (Å²) in [5, 5.41) is 2.31. The fourth-order valence-corrected chi connectivity index (χ4v) is 3.52. The average molecular weight is 376 g/mol. The standard InChI is InChI=1S/C21H24N6O/c1-28-19-8-7-16-5-2-3-6-17(16)18(19)15-25-20(22)26-11-13-27(14-12-26)21-23-9-4-10-24-21/h2-10H,11-15H2,1H3,(H2,22,25). The summed E-state index contributed by atoms with van der Waals surface area (Å²) in [6, 6.07) is 14.1. The van der Waals surface area contributed by atoms with Gasteiger partial charge in [0.15, 0.2) is 5.96 Å². The van der Waals surface area contributed by atoms with Crippen molar-refractivity contribution in [1.29, 1.82) is 0 Å². The topological polar surface area (TPSA) is 79.9 Å². The molecule has 0 aliphatic carbocycles. The second-order valence-corrected chi connectivity index (χ2v) is 6.66. The van der Waals surface area contributed by atoms with Gasteiger partial charge in [0.05, 0.1) is 13.7 Å². The molecule has 2 aromatic carbocycles. The summed E-state index contributed by atoms with van der Waals surface area (Å²) < 4.78 is 5.55. The number of fused-ring (bicyclic) bond motifs is 1. The van der Waals surface area contributed by atoms with E-state index in [1.165, 1.54) is 5.39 Å². The van der Waals surface area contributed by atoms with Crippen molar-refractivity contribution in [3.8, 4) is 5.75 Å². The van der Waals surface area contributed by atoms with Gasteiger partial charge in [0.2, 0.25) is 5.95 Å². The molecule has 0 unspecified atom stereocenters. The first-order valence-electron chi connectivity index (χ1n) is 9.37. The number of anilines is 1. The van der Waals surface area contributed by atoms with E-state index in [2.05, 4.69) is 43.0 Å². The van der Waals surface area contributed by atoms with E-state index in [1.54, 1.807) is 19.5 Å². The molecule has 2 N–H and O–H groups in total. The summed E-state index contributed by atoms with van der Waals surface area (Å²) in [5.74, 6) is 2.16. The second kappa shape index (κ2) is 8.12. The van der Waals surface area contributed by atoms with Gasteiger partial charge in [-0.1, -0.05) is 30.3 Å². The number of piperazine rings is 1. The lowest BCUT2D eigenvalue weighted by Crippen LogP contribution is -2.51. The minimum absolute atomic E-state index is 0.484. The summed E-state index contributed by atoms with van der Waals surface area (Å²) in [6.07, 6.45) is 3.53. The van der Waals surface area contributed by atoms with E-state index in [0.717, 1.165) is 48.8 Å². The maximum absolute atomic E-state index is 6.30. The van der Waals surface area contributed by atoms with Crippen molar-refractivity contribution >= 4 is 22.7 Å². The van der Waals surface area contributed by atoms with Crippen LogP contribution < -0.4 is 15.4 Å². The van der Waals surface area contributed by atoms with Crippen molar-refractivity contribution in [3.63, 3.8) is 0 Å². The van der Waals surface area contributed by atoms with Crippen molar-refractivity contribution in [3.05, 3.63) is 60.4 Å². The second-order valence-electron chi connectivity index (χ2n) is 6.66. The molecule has 7 heteroatoms. The molecule has 0 spiro atoms. The SMILES string of the molecule is COc1ccc2ccccc2c1CN=C(N)N1CCN(c2ncccn2)CC1. The number of aromatic nitrogens is 2. The van der Waals surface area contributed by atoms with Gasteiger partial charge < -0.3 is 20.3 Å². The van der Waals surface area contributed by atoms with Crippen LogP contribution in [0.1, 0.15) is 5.56 Å². The van der Waals surface area contributed by atoms with Crippen molar-refractivity contribution in [2.45, 2.75) is 6.54 Å². The Morgan fingerprint density at radius 2 is 1.79 bits per heavy atom. The predicted octanol–water partition coefficient (Wildman–Crippen LogP) is 2.28. The first-order chi connectivity index (χ1) is 13.8. The first-order valence-corrected chi connectivity index (χ1v) is 9.37. The van der Waals surface area contributed by atoms with E-state index in [-0.39, 0.29) is 0 Å². The maximum Gasteiger partial charge on any atom is 0.225 e. The molecular formula is C21H24N6O. The van der Waals surface area contributed by atoms with Gasteiger partial charge in [-0.05, 0) is 22.9 Å². The lowest BCUT2D eigenvalue weighted by molar-refractivity contribution is 0.377. The molecule has 0 radical (unpaired) electrons. The molecule has 28 heavy (non-hydrogen) atoms. The highest BCUT2D eigenvalue weighted by molar-refractivity contribution is 5.88. The number of hydrogen-bond donors (Lipinski definition) is 1. The zero-order valence-corrected chi connectivity index (χ0v) is 16.0. The van der Waals surface area contributed by atoms with Gasteiger partial charge in [-0.25, -0.2) is 15.0 Å². The third-order valence-electron chi connectivity index (χ3n) is 5.06. The highest BCUT2D eigenvalue weighted by Crippen LogP contribution is 2.28. The Morgan fingerprint density at radius 3 is 2.54 bits per heavy atom. The molecule has 1 aliphatic heterocycles. The van der Waals surface area contributed by atoms with Crippen molar-refractivity contribution in [2.75, 3.05) is 38.2 Å². The van der Waals surface area contributed by atoms with Crippen LogP contribution in [-0.2, 0) is 6.54 Å². The predicted molar refractivity (Wildman–Crippen MR) is 112 cm³/mol. The quantitative estimate of drug-likeness (QED) is 0.556. The smallest absolute Gasteiger partial charge is 0.225 e. The number of rotatable bonds is 4. The van der Waals surface area contributed by atoms with E-state index in [0.29, 0.717) is 12.5 Å². The summed E-state index contributed by atoms with van der Waals surface area (Å²) in [7, 11) is 1.69. The van der Waals surface area contributed by atoms with Gasteiger partial charge in [0.1, 0.15) is 5.75 Å². The molecule has 1 fully saturated rings. The Balaban J connectivity index is 1.47. The van der Waals surface area contributed by atoms with Gasteiger partial charge in [-0.2, -0.15) is 0 Å². The molecule has 0 atom stereocenters. The average Bonchev–Trinajstić information content (AvgIpc) is 2.77. The molecular weight excluding hydrogens is 352 g/mol. The lowest BCUT2D eigenvalue weighted by atomic mass is 10.0. The van der Waals surface area contributed by atoms with Crippen molar-refractivity contribution in [2.24, 2.45) is 10.7 Å². The number of ether oxygens (including phenoxy) is 1. The monoisotopic (exact) mass is 376 g/mol. The Kier molecular flexibility index (Phi) is 5.23. The van der Waals surface area contributed by atoms with Gasteiger partial charge in [-0.3, -0.25) is 0 Å². The third-order valence-corrected chi connectivity index (χ3v) is 5.06. The van der Waals surface area contributed by atoms with E-state index in [4.69, 9.17) is 10.5 Å². The number of hydrogen-bond acceptors (Lipinski definition) is 5. The van der Waals surface area contributed by atoms with Gasteiger partial charge in [0.25, 0.3) is 0 Å². The van der Waals surface area contributed by atoms with Gasteiger partial charge >= 0.3 is 0 Å². The molecule has 1 aromatic heterocycles. The fourth-order valence-electron chi connectivity index (χ4n) is 3.52. The van der Waals surface area contributed by atoms with Crippen LogP contribution >= 0.6 is 0 Å². The molecule has 1 saturated heterocycles. The first kappa shape index (κ1) is 18.0. The summed E-state index contributed by atoms with van der Waals surface area (Å²) in [5.41, 5.74) is 7.36. The van der Waals surface area contributed by atoms with Crippen molar-refractivity contribution in [1.82, 2.24) is 14.9 Å². The molecule has 1 aliphatic rings. The van der Waals surface area contributed by atoms with E-state index >= 15 is 0 Å². The van der Waals surface area contributed by atoms with E-state index in [9.17, 15) is 0 Å². The maximum atomic E-state index is 6.30. The van der Waals surface area contributed by atoms with Gasteiger partial charge in [-0.15, -0.1) is 0 Å². The molecule has 7 nitrogen and oxygen atoms in total. The normalized spacial score (nSPS) is 15.1. The molecule has 0 amide bonds. The van der Waals surface area contributed by atoms with Crippen LogP contribution in [0.5, 0.6) is 5.75 Å². The van der Waals surface area contributed by atoms with E-state index in [1.807, 2.05) is 24.3 Å². The van der Waals surface area contributed by atoms with Crippen LogP contribution in [0.25, 0.3) is 10.8 Å². The largest absolute Gasteiger partial charge is 0.496 e. The summed E-state index contributed by atoms with van der Waals surface area (Å²) in [6.45, 7) is 3.70. The lowest BCUT2D eigenvalue weighted by Gasteiger charge is -2.35. The number of nitrogens with zero attached hydrogens (tertiary/aromatic N) is 5. The molecule has 3 aromatic rings. The third kappa shape index (κ3) is 3.69. The molecule has 144 valence electrons. The molecule has 4 rings (SSSR count). The number of methoxy groups -OCH3 is 1.